The van der Waals surface area contributed by atoms with Gasteiger partial charge in [0.15, 0.2) is 11.6 Å². The first-order valence-corrected chi connectivity index (χ1v) is 6.05. The first-order valence-electron chi connectivity index (χ1n) is 6.05. The van der Waals surface area contributed by atoms with E-state index in [4.69, 9.17) is 0 Å². The molecule has 2 aromatic heterocycles. The van der Waals surface area contributed by atoms with E-state index in [9.17, 15) is 0 Å². The molecule has 0 saturated carbocycles. The van der Waals surface area contributed by atoms with Crippen molar-refractivity contribution < 1.29 is 1.43 Å². The normalized spacial score (nSPS) is 18.7. The highest BCUT2D eigenvalue weighted by atomic mass is 15.2. The monoisotopic (exact) mass is 240 g/mol. The van der Waals surface area contributed by atoms with Crippen LogP contribution in [-0.4, -0.2) is 20.2 Å². The van der Waals surface area contributed by atoms with Crippen molar-refractivity contribution in [1.82, 2.24) is 20.2 Å². The summed E-state index contributed by atoms with van der Waals surface area (Å²) in [6.07, 6.45) is 9.24. The Morgan fingerprint density at radius 2 is 2.33 bits per heavy atom. The summed E-state index contributed by atoms with van der Waals surface area (Å²) in [5.41, 5.74) is 1.89. The van der Waals surface area contributed by atoms with Gasteiger partial charge in [0, 0.05) is 13.2 Å². The first kappa shape index (κ1) is 10.9. The van der Waals surface area contributed by atoms with Crippen molar-refractivity contribution in [2.45, 2.75) is 13.3 Å². The minimum atomic E-state index is 0. The van der Waals surface area contributed by atoms with E-state index in [1.54, 1.807) is 6.20 Å². The lowest BCUT2D eigenvalue weighted by molar-refractivity contribution is 0.738. The number of aromatic amines is 1. The molecule has 0 amide bonds. The highest BCUT2D eigenvalue weighted by Gasteiger charge is 2.11. The number of H-pyrrole nitrogens is 1. The highest BCUT2D eigenvalue weighted by molar-refractivity contribution is 5.71. The number of hydrogen-bond acceptors (Lipinski definition) is 3. The average Bonchev–Trinajstić information content (AvgIpc) is 2.90. The largest absolute Gasteiger partial charge is 0.257 e. The van der Waals surface area contributed by atoms with Crippen molar-refractivity contribution in [2.75, 3.05) is 0 Å². The average molecular weight is 240 g/mol. The standard InChI is InChI=1S/C14H14N4.H2/c1-10-5-7-11(8-6-10)13-16-14(18-17-13)12-4-2-3-9-15-12;/h2-5,7-10H,6H2,1H3,(H,16,17,18);1H. The Kier molecular flexibility index (Phi) is 2.76. The van der Waals surface area contributed by atoms with Gasteiger partial charge in [0.2, 0.25) is 0 Å². The molecule has 0 radical (unpaired) electrons. The third-order valence-corrected chi connectivity index (χ3v) is 2.96. The molecule has 0 saturated heterocycles. The maximum Gasteiger partial charge on any atom is 0.181 e. The lowest BCUT2D eigenvalue weighted by Crippen LogP contribution is -1.95. The zero-order chi connectivity index (χ0) is 12.4. The second-order valence-corrected chi connectivity index (χ2v) is 4.45. The van der Waals surface area contributed by atoms with Crippen LogP contribution in [0, 0.1) is 5.92 Å². The zero-order valence-corrected chi connectivity index (χ0v) is 10.2. The number of aromatic nitrogens is 4. The Morgan fingerprint density at radius 1 is 1.39 bits per heavy atom. The molecule has 18 heavy (non-hydrogen) atoms. The van der Waals surface area contributed by atoms with E-state index in [0.29, 0.717) is 11.7 Å². The topological polar surface area (TPSA) is 54.5 Å². The first-order chi connectivity index (χ1) is 8.83. The molecule has 0 bridgehead atoms. The van der Waals surface area contributed by atoms with Gasteiger partial charge in [0.25, 0.3) is 0 Å². The summed E-state index contributed by atoms with van der Waals surface area (Å²) >= 11 is 0. The van der Waals surface area contributed by atoms with Crippen LogP contribution in [-0.2, 0) is 0 Å². The fraction of sp³-hybridized carbons (Fsp3) is 0.214. The minimum absolute atomic E-state index is 0. The van der Waals surface area contributed by atoms with Crippen LogP contribution in [0.1, 0.15) is 20.6 Å². The molecule has 4 heteroatoms. The second kappa shape index (κ2) is 4.56. The van der Waals surface area contributed by atoms with Crippen LogP contribution in [0.15, 0.2) is 42.6 Å². The van der Waals surface area contributed by atoms with Crippen LogP contribution in [0.5, 0.6) is 0 Å². The molecule has 4 nitrogen and oxygen atoms in total. The molecule has 0 aromatic carbocycles. The molecule has 92 valence electrons. The maximum absolute atomic E-state index is 4.48. The van der Waals surface area contributed by atoms with E-state index in [1.807, 2.05) is 18.2 Å². The van der Waals surface area contributed by atoms with E-state index in [1.165, 1.54) is 0 Å². The van der Waals surface area contributed by atoms with Crippen molar-refractivity contribution in [1.29, 1.82) is 0 Å². The van der Waals surface area contributed by atoms with Crippen LogP contribution >= 0.6 is 0 Å². The number of hydrogen-bond donors (Lipinski definition) is 1. The van der Waals surface area contributed by atoms with Crippen molar-refractivity contribution >= 4 is 5.57 Å². The number of nitrogens with zero attached hydrogens (tertiary/aromatic N) is 3. The van der Waals surface area contributed by atoms with Gasteiger partial charge >= 0.3 is 0 Å². The lowest BCUT2D eigenvalue weighted by Gasteiger charge is -2.08. The Morgan fingerprint density at radius 3 is 3.06 bits per heavy atom. The fourth-order valence-corrected chi connectivity index (χ4v) is 1.90. The van der Waals surface area contributed by atoms with Crippen LogP contribution in [0.4, 0.5) is 0 Å². The second-order valence-electron chi connectivity index (χ2n) is 4.45. The lowest BCUT2D eigenvalue weighted by atomic mass is 9.98. The van der Waals surface area contributed by atoms with Crippen LogP contribution in [0.3, 0.4) is 0 Å². The molecule has 1 aliphatic carbocycles. The number of rotatable bonds is 2. The van der Waals surface area contributed by atoms with Gasteiger partial charge in [-0.3, -0.25) is 10.1 Å². The predicted octanol–water partition coefficient (Wildman–Crippen LogP) is 3.09. The maximum atomic E-state index is 4.48. The van der Waals surface area contributed by atoms with Crippen molar-refractivity contribution in [3.05, 3.63) is 48.4 Å². The van der Waals surface area contributed by atoms with Gasteiger partial charge in [-0.1, -0.05) is 31.2 Å². The van der Waals surface area contributed by atoms with Crippen LogP contribution < -0.4 is 0 Å². The molecule has 3 rings (SSSR count). The third kappa shape index (κ3) is 2.09. The van der Waals surface area contributed by atoms with Gasteiger partial charge in [0.05, 0.1) is 0 Å². The van der Waals surface area contributed by atoms with Gasteiger partial charge < -0.3 is 0 Å². The quantitative estimate of drug-likeness (QED) is 0.877. The molecule has 1 unspecified atom stereocenters. The van der Waals surface area contributed by atoms with Crippen molar-refractivity contribution in [3.63, 3.8) is 0 Å². The van der Waals surface area contributed by atoms with Crippen LogP contribution in [0.2, 0.25) is 0 Å². The van der Waals surface area contributed by atoms with Gasteiger partial charge in [-0.15, -0.1) is 0 Å². The van der Waals surface area contributed by atoms with Gasteiger partial charge in [-0.25, -0.2) is 4.98 Å². The van der Waals surface area contributed by atoms with Crippen molar-refractivity contribution in [2.24, 2.45) is 5.92 Å². The van der Waals surface area contributed by atoms with E-state index in [2.05, 4.69) is 45.3 Å². The molecule has 1 atom stereocenters. The molecule has 2 aromatic rings. The van der Waals surface area contributed by atoms with E-state index >= 15 is 0 Å². The summed E-state index contributed by atoms with van der Waals surface area (Å²) in [5.74, 6) is 2.04. The molecule has 0 spiro atoms. The molecular formula is C14H16N4. The summed E-state index contributed by atoms with van der Waals surface area (Å²) in [4.78, 5) is 8.73. The van der Waals surface area contributed by atoms with Gasteiger partial charge in [-0.2, -0.15) is 5.10 Å². The fourth-order valence-electron chi connectivity index (χ4n) is 1.90. The molecule has 0 aliphatic heterocycles. The smallest absolute Gasteiger partial charge is 0.181 e. The Bertz CT molecular complexity index is 601. The Hall–Kier alpha value is -2.23. The minimum Gasteiger partial charge on any atom is -0.257 e. The van der Waals surface area contributed by atoms with Crippen LogP contribution in [0.25, 0.3) is 17.1 Å². The highest BCUT2D eigenvalue weighted by Crippen LogP contribution is 2.22. The van der Waals surface area contributed by atoms with Crippen molar-refractivity contribution in [3.8, 4) is 11.5 Å². The molecule has 1 N–H and O–H groups in total. The van der Waals surface area contributed by atoms with E-state index in [0.717, 1.165) is 23.5 Å². The van der Waals surface area contributed by atoms with Gasteiger partial charge in [-0.05, 0) is 24.5 Å². The summed E-state index contributed by atoms with van der Waals surface area (Å²) in [5, 5.41) is 7.18. The molecule has 1 aliphatic rings. The number of pyridine rings is 1. The SMILES string of the molecule is CC1C=CC(c2n[nH]c(-c3ccccn3)n2)=CC1.[HH]. The molecule has 2 heterocycles. The molecule has 0 fully saturated rings. The summed E-state index contributed by atoms with van der Waals surface area (Å²) in [6.45, 7) is 2.20. The predicted molar refractivity (Wildman–Crippen MR) is 72.6 cm³/mol. The summed E-state index contributed by atoms with van der Waals surface area (Å²) < 4.78 is 0. The summed E-state index contributed by atoms with van der Waals surface area (Å²) in [7, 11) is 0. The van der Waals surface area contributed by atoms with E-state index in [-0.39, 0.29) is 1.43 Å². The molecular weight excluding hydrogens is 224 g/mol. The summed E-state index contributed by atoms with van der Waals surface area (Å²) in [6, 6.07) is 5.73. The van der Waals surface area contributed by atoms with Gasteiger partial charge in [0.1, 0.15) is 5.69 Å². The number of allylic oxidation sites excluding steroid dienone is 4. The third-order valence-electron chi connectivity index (χ3n) is 2.96. The number of nitrogens with one attached hydrogen (secondary N) is 1. The zero-order valence-electron chi connectivity index (χ0n) is 10.2. The Labute approximate surface area is 107 Å². The Balaban J connectivity index is 0.00000133. The van der Waals surface area contributed by atoms with E-state index < -0.39 is 0 Å².